The van der Waals surface area contributed by atoms with E-state index in [0.29, 0.717) is 12.1 Å². The first-order valence-electron chi connectivity index (χ1n) is 9.46. The SMILES string of the molecule is CCO/C(F)=C(\F)c1ccc(C2COC(C(F)(F)Oc3cc(F)c(Cl)c(F)c3)OC2)c(F)c1. The number of rotatable bonds is 7. The molecule has 180 valence electrons. The molecule has 0 aliphatic carbocycles. The van der Waals surface area contributed by atoms with Gasteiger partial charge >= 0.3 is 12.1 Å². The average Bonchev–Trinajstić information content (AvgIpc) is 2.77. The van der Waals surface area contributed by atoms with Gasteiger partial charge in [-0.1, -0.05) is 23.7 Å². The van der Waals surface area contributed by atoms with Crippen molar-refractivity contribution in [1.82, 2.24) is 0 Å². The minimum Gasteiger partial charge on any atom is -0.469 e. The molecule has 1 saturated heterocycles. The number of ether oxygens (including phenoxy) is 4. The molecule has 0 saturated carbocycles. The van der Waals surface area contributed by atoms with Gasteiger partial charge in [0.1, 0.15) is 28.2 Å². The third-order valence-electron chi connectivity index (χ3n) is 4.52. The van der Waals surface area contributed by atoms with Crippen LogP contribution in [-0.2, 0) is 14.2 Å². The molecule has 1 aliphatic heterocycles. The lowest BCUT2D eigenvalue weighted by atomic mass is 9.98. The van der Waals surface area contributed by atoms with E-state index in [1.54, 1.807) is 0 Å². The Balaban J connectivity index is 1.67. The van der Waals surface area contributed by atoms with Gasteiger partial charge in [-0.2, -0.15) is 17.6 Å². The predicted molar refractivity (Wildman–Crippen MR) is 103 cm³/mol. The second-order valence-electron chi connectivity index (χ2n) is 6.82. The van der Waals surface area contributed by atoms with Gasteiger partial charge in [0.25, 0.3) is 6.29 Å². The smallest absolute Gasteiger partial charge is 0.451 e. The van der Waals surface area contributed by atoms with Gasteiger partial charge in [0.05, 0.1) is 19.8 Å². The maximum Gasteiger partial charge on any atom is 0.451 e. The van der Waals surface area contributed by atoms with Crippen LogP contribution in [-0.4, -0.2) is 32.2 Å². The van der Waals surface area contributed by atoms with Crippen molar-refractivity contribution in [3.8, 4) is 5.75 Å². The van der Waals surface area contributed by atoms with Crippen molar-refractivity contribution < 1.29 is 49.7 Å². The normalized spacial score (nSPS) is 19.8. The highest BCUT2D eigenvalue weighted by atomic mass is 35.5. The first-order valence-corrected chi connectivity index (χ1v) is 9.83. The molecule has 1 heterocycles. The molecule has 2 aromatic carbocycles. The van der Waals surface area contributed by atoms with Crippen molar-refractivity contribution in [3.05, 3.63) is 69.9 Å². The van der Waals surface area contributed by atoms with Gasteiger partial charge in [-0.3, -0.25) is 0 Å². The summed E-state index contributed by atoms with van der Waals surface area (Å²) in [7, 11) is 0. The van der Waals surface area contributed by atoms with Gasteiger partial charge in [-0.15, -0.1) is 0 Å². The Labute approximate surface area is 188 Å². The summed E-state index contributed by atoms with van der Waals surface area (Å²) in [5, 5.41) is -0.886. The topological polar surface area (TPSA) is 36.9 Å². The van der Waals surface area contributed by atoms with Crippen molar-refractivity contribution in [2.45, 2.75) is 25.2 Å². The van der Waals surface area contributed by atoms with Crippen molar-refractivity contribution in [3.63, 3.8) is 0 Å². The molecule has 0 spiro atoms. The van der Waals surface area contributed by atoms with Crippen LogP contribution in [0.15, 0.2) is 36.3 Å². The second kappa shape index (κ2) is 10.2. The monoisotopic (exact) mass is 500 g/mol. The molecule has 1 fully saturated rings. The van der Waals surface area contributed by atoms with E-state index in [1.807, 2.05) is 0 Å². The quantitative estimate of drug-likeness (QED) is 0.247. The molecule has 3 rings (SSSR count). The molecule has 0 N–H and O–H groups in total. The number of benzene rings is 2. The summed E-state index contributed by atoms with van der Waals surface area (Å²) in [5.41, 5.74) is -0.465. The number of halogens is 8. The van der Waals surface area contributed by atoms with Gasteiger partial charge in [0, 0.05) is 23.6 Å². The third-order valence-corrected chi connectivity index (χ3v) is 4.88. The molecule has 0 aromatic heterocycles. The summed E-state index contributed by atoms with van der Waals surface area (Å²) < 4.78 is 116. The van der Waals surface area contributed by atoms with Gasteiger partial charge in [0.2, 0.25) is 5.83 Å². The predicted octanol–water partition coefficient (Wildman–Crippen LogP) is 6.49. The second-order valence-corrected chi connectivity index (χ2v) is 7.20. The molecule has 0 radical (unpaired) electrons. The Morgan fingerprint density at radius 2 is 1.64 bits per heavy atom. The zero-order chi connectivity index (χ0) is 24.3. The summed E-state index contributed by atoms with van der Waals surface area (Å²) in [6.45, 7) is 0.408. The van der Waals surface area contributed by atoms with Crippen LogP contribution in [0, 0.1) is 17.5 Å². The lowest BCUT2D eigenvalue weighted by Crippen LogP contribution is -2.47. The molecule has 0 bridgehead atoms. The Morgan fingerprint density at radius 1 is 1.03 bits per heavy atom. The van der Waals surface area contributed by atoms with Crippen molar-refractivity contribution in [1.29, 1.82) is 0 Å². The van der Waals surface area contributed by atoms with Crippen molar-refractivity contribution >= 4 is 17.4 Å². The fourth-order valence-electron chi connectivity index (χ4n) is 2.97. The molecule has 4 nitrogen and oxygen atoms in total. The number of alkyl halides is 2. The Kier molecular flexibility index (Phi) is 7.76. The summed E-state index contributed by atoms with van der Waals surface area (Å²) in [4.78, 5) is 0. The van der Waals surface area contributed by atoms with Crippen molar-refractivity contribution in [2.24, 2.45) is 0 Å². The fourth-order valence-corrected chi connectivity index (χ4v) is 3.08. The lowest BCUT2D eigenvalue weighted by Gasteiger charge is -2.33. The van der Waals surface area contributed by atoms with E-state index < -0.39 is 77.2 Å². The zero-order valence-electron chi connectivity index (χ0n) is 16.8. The van der Waals surface area contributed by atoms with Gasteiger partial charge in [-0.25, -0.2) is 13.2 Å². The minimum absolute atomic E-state index is 0.0482. The molecule has 0 atom stereocenters. The fraction of sp³-hybridized carbons (Fsp3) is 0.333. The van der Waals surface area contributed by atoms with Crippen LogP contribution in [0.4, 0.5) is 30.7 Å². The van der Waals surface area contributed by atoms with Crippen LogP contribution in [0.1, 0.15) is 24.0 Å². The van der Waals surface area contributed by atoms with E-state index in [9.17, 15) is 30.7 Å². The van der Waals surface area contributed by atoms with Crippen LogP contribution in [0.2, 0.25) is 5.02 Å². The summed E-state index contributed by atoms with van der Waals surface area (Å²) in [5.74, 6) is -6.67. The van der Waals surface area contributed by atoms with Crippen LogP contribution in [0.3, 0.4) is 0 Å². The van der Waals surface area contributed by atoms with Crippen LogP contribution in [0.25, 0.3) is 5.83 Å². The summed E-state index contributed by atoms with van der Waals surface area (Å²) >= 11 is 5.29. The molecule has 1 aliphatic rings. The van der Waals surface area contributed by atoms with E-state index >= 15 is 0 Å². The minimum atomic E-state index is -4.16. The molecular formula is C21H16ClF7O4. The lowest BCUT2D eigenvalue weighted by molar-refractivity contribution is -0.347. The Morgan fingerprint density at radius 3 is 2.18 bits per heavy atom. The average molecular weight is 501 g/mol. The highest BCUT2D eigenvalue weighted by Gasteiger charge is 2.47. The number of hydrogen-bond acceptors (Lipinski definition) is 4. The van der Waals surface area contributed by atoms with E-state index in [1.165, 1.54) is 6.92 Å². The number of hydrogen-bond donors (Lipinski definition) is 0. The van der Waals surface area contributed by atoms with E-state index in [4.69, 9.17) is 21.1 Å². The maximum absolute atomic E-state index is 14.5. The van der Waals surface area contributed by atoms with Crippen LogP contribution < -0.4 is 4.74 Å². The molecule has 0 unspecified atom stereocenters. The highest BCUT2D eigenvalue weighted by molar-refractivity contribution is 6.30. The van der Waals surface area contributed by atoms with Gasteiger partial charge < -0.3 is 18.9 Å². The van der Waals surface area contributed by atoms with E-state index in [2.05, 4.69) is 9.47 Å². The highest BCUT2D eigenvalue weighted by Crippen LogP contribution is 2.35. The largest absolute Gasteiger partial charge is 0.469 e. The van der Waals surface area contributed by atoms with E-state index in [-0.39, 0.29) is 12.2 Å². The van der Waals surface area contributed by atoms with Gasteiger partial charge in [0.15, 0.2) is 0 Å². The van der Waals surface area contributed by atoms with Crippen LogP contribution in [0.5, 0.6) is 5.75 Å². The van der Waals surface area contributed by atoms with Crippen molar-refractivity contribution in [2.75, 3.05) is 19.8 Å². The molecule has 0 amide bonds. The molecular weight excluding hydrogens is 485 g/mol. The molecule has 12 heteroatoms. The standard InChI is InChI=1S/C21H16ClF7O4/c1-2-30-19(27)18(26)10-3-4-13(14(23)5-10)11-8-31-20(32-9-11)21(28,29)33-12-6-15(24)17(22)16(25)7-12/h3-7,11,20H,2,8-9H2,1H3/b19-18-. The Bertz CT molecular complexity index is 1020. The third kappa shape index (κ3) is 5.71. The first-order chi connectivity index (χ1) is 15.5. The zero-order valence-corrected chi connectivity index (χ0v) is 17.6. The summed E-state index contributed by atoms with van der Waals surface area (Å²) in [6, 6.07) is 2.36. The molecule has 33 heavy (non-hydrogen) atoms. The summed E-state index contributed by atoms with van der Waals surface area (Å²) in [6.07, 6.45) is -6.43. The molecule has 2 aromatic rings. The van der Waals surface area contributed by atoms with Crippen LogP contribution >= 0.6 is 11.6 Å². The maximum atomic E-state index is 14.5. The first kappa shape index (κ1) is 25.1. The van der Waals surface area contributed by atoms with E-state index in [0.717, 1.165) is 18.2 Å². The Hall–Kier alpha value is -2.50. The van der Waals surface area contributed by atoms with Gasteiger partial charge in [-0.05, 0) is 18.6 Å².